The molecule has 0 aliphatic heterocycles. The standard InChI is InChI=1S/C15H18N2O3/c1-2-3-8-17(11-5-6-11)15-16-12-7-4-10(14(18)19)9-13(12)20-15/h4,7,9,11H,2-3,5-6,8H2,1H3,(H,18,19). The molecule has 0 spiro atoms. The molecule has 106 valence electrons. The lowest BCUT2D eigenvalue weighted by atomic mass is 10.2. The van der Waals surface area contributed by atoms with Gasteiger partial charge in [-0.15, -0.1) is 0 Å². The summed E-state index contributed by atoms with van der Waals surface area (Å²) in [7, 11) is 0. The van der Waals surface area contributed by atoms with E-state index in [4.69, 9.17) is 9.52 Å². The lowest BCUT2D eigenvalue weighted by Gasteiger charge is -2.19. The Labute approximate surface area is 117 Å². The monoisotopic (exact) mass is 274 g/mol. The van der Waals surface area contributed by atoms with E-state index in [2.05, 4.69) is 16.8 Å². The van der Waals surface area contributed by atoms with Gasteiger partial charge in [-0.1, -0.05) is 13.3 Å². The molecule has 1 N–H and O–H groups in total. The van der Waals surface area contributed by atoms with Gasteiger partial charge in [-0.05, 0) is 37.5 Å². The molecule has 1 heterocycles. The normalized spacial score (nSPS) is 14.7. The number of benzene rings is 1. The largest absolute Gasteiger partial charge is 0.478 e. The quantitative estimate of drug-likeness (QED) is 0.875. The van der Waals surface area contributed by atoms with E-state index in [1.807, 2.05) is 0 Å². The number of hydrogen-bond acceptors (Lipinski definition) is 4. The zero-order valence-electron chi connectivity index (χ0n) is 11.5. The van der Waals surface area contributed by atoms with Crippen LogP contribution in [0.15, 0.2) is 22.6 Å². The summed E-state index contributed by atoms with van der Waals surface area (Å²) in [5.41, 5.74) is 1.49. The van der Waals surface area contributed by atoms with E-state index in [0.29, 0.717) is 23.2 Å². The summed E-state index contributed by atoms with van der Waals surface area (Å²) in [6, 6.07) is 5.97. The van der Waals surface area contributed by atoms with Gasteiger partial charge >= 0.3 is 5.97 Å². The second kappa shape index (κ2) is 5.15. The lowest BCUT2D eigenvalue weighted by Crippen LogP contribution is -2.26. The van der Waals surface area contributed by atoms with Gasteiger partial charge < -0.3 is 14.4 Å². The van der Waals surface area contributed by atoms with Gasteiger partial charge in [-0.25, -0.2) is 4.79 Å². The van der Waals surface area contributed by atoms with Gasteiger partial charge in [0.1, 0.15) is 5.52 Å². The van der Waals surface area contributed by atoms with Crippen LogP contribution in [0.3, 0.4) is 0 Å². The number of aromatic carboxylic acids is 1. The minimum absolute atomic E-state index is 0.228. The van der Waals surface area contributed by atoms with Crippen LogP contribution >= 0.6 is 0 Å². The van der Waals surface area contributed by atoms with Crippen LogP contribution in [0.25, 0.3) is 11.1 Å². The van der Waals surface area contributed by atoms with Crippen molar-refractivity contribution in [2.45, 2.75) is 38.6 Å². The highest BCUT2D eigenvalue weighted by atomic mass is 16.4. The smallest absolute Gasteiger partial charge is 0.335 e. The van der Waals surface area contributed by atoms with Gasteiger partial charge in [0.05, 0.1) is 5.56 Å². The summed E-state index contributed by atoms with van der Waals surface area (Å²) < 4.78 is 5.77. The number of anilines is 1. The van der Waals surface area contributed by atoms with Gasteiger partial charge in [0.15, 0.2) is 5.58 Å². The minimum atomic E-state index is -0.949. The lowest BCUT2D eigenvalue weighted by molar-refractivity contribution is 0.0697. The van der Waals surface area contributed by atoms with E-state index in [9.17, 15) is 4.79 Å². The van der Waals surface area contributed by atoms with Gasteiger partial charge in [0.2, 0.25) is 0 Å². The highest BCUT2D eigenvalue weighted by Crippen LogP contribution is 2.33. The first-order chi connectivity index (χ1) is 9.69. The number of unbranched alkanes of at least 4 members (excludes halogenated alkanes) is 1. The van der Waals surface area contributed by atoms with Crippen LogP contribution in [-0.4, -0.2) is 28.6 Å². The van der Waals surface area contributed by atoms with Crippen molar-refractivity contribution < 1.29 is 14.3 Å². The van der Waals surface area contributed by atoms with Crippen LogP contribution in [0.2, 0.25) is 0 Å². The number of fused-ring (bicyclic) bond motifs is 1. The molecule has 0 radical (unpaired) electrons. The fourth-order valence-electron chi connectivity index (χ4n) is 2.32. The molecule has 0 amide bonds. The molecule has 5 nitrogen and oxygen atoms in total. The first kappa shape index (κ1) is 13.0. The Kier molecular flexibility index (Phi) is 3.34. The highest BCUT2D eigenvalue weighted by Gasteiger charge is 2.31. The molecule has 0 unspecified atom stereocenters. The Morgan fingerprint density at radius 1 is 1.50 bits per heavy atom. The van der Waals surface area contributed by atoms with E-state index in [-0.39, 0.29) is 5.56 Å². The van der Waals surface area contributed by atoms with Crippen molar-refractivity contribution in [1.82, 2.24) is 4.98 Å². The van der Waals surface area contributed by atoms with E-state index < -0.39 is 5.97 Å². The van der Waals surface area contributed by atoms with Crippen molar-refractivity contribution in [2.75, 3.05) is 11.4 Å². The van der Waals surface area contributed by atoms with Crippen molar-refractivity contribution >= 4 is 23.1 Å². The van der Waals surface area contributed by atoms with Crippen molar-refractivity contribution in [1.29, 1.82) is 0 Å². The van der Waals surface area contributed by atoms with Gasteiger partial charge in [-0.3, -0.25) is 0 Å². The zero-order valence-corrected chi connectivity index (χ0v) is 11.5. The topological polar surface area (TPSA) is 66.6 Å². The molecule has 1 aliphatic carbocycles. The number of aromatic nitrogens is 1. The summed E-state index contributed by atoms with van der Waals surface area (Å²) in [6.45, 7) is 3.11. The third-order valence-corrected chi connectivity index (χ3v) is 3.61. The van der Waals surface area contributed by atoms with Crippen molar-refractivity contribution in [2.24, 2.45) is 0 Å². The number of hydrogen-bond donors (Lipinski definition) is 1. The first-order valence-electron chi connectivity index (χ1n) is 7.09. The maximum Gasteiger partial charge on any atom is 0.335 e. The zero-order chi connectivity index (χ0) is 14.1. The van der Waals surface area contributed by atoms with Crippen molar-refractivity contribution in [3.05, 3.63) is 23.8 Å². The average molecular weight is 274 g/mol. The highest BCUT2D eigenvalue weighted by molar-refractivity contribution is 5.92. The molecule has 1 aliphatic rings. The number of rotatable bonds is 6. The second-order valence-electron chi connectivity index (χ2n) is 5.26. The summed E-state index contributed by atoms with van der Waals surface area (Å²) in [4.78, 5) is 17.7. The Bertz CT molecular complexity index is 631. The predicted molar refractivity (Wildman–Crippen MR) is 76.2 cm³/mol. The van der Waals surface area contributed by atoms with Crippen LogP contribution in [0.5, 0.6) is 0 Å². The van der Waals surface area contributed by atoms with Crippen molar-refractivity contribution in [3.63, 3.8) is 0 Å². The van der Waals surface area contributed by atoms with E-state index >= 15 is 0 Å². The fourth-order valence-corrected chi connectivity index (χ4v) is 2.32. The maximum absolute atomic E-state index is 11.0. The summed E-state index contributed by atoms with van der Waals surface area (Å²) in [5.74, 6) is -0.949. The fraction of sp³-hybridized carbons (Fsp3) is 0.467. The van der Waals surface area contributed by atoms with Gasteiger partial charge in [0.25, 0.3) is 6.01 Å². The molecular weight excluding hydrogens is 256 g/mol. The van der Waals surface area contributed by atoms with Crippen LogP contribution in [-0.2, 0) is 0 Å². The predicted octanol–water partition coefficient (Wildman–Crippen LogP) is 3.29. The summed E-state index contributed by atoms with van der Waals surface area (Å²) in [5, 5.41) is 9.00. The third-order valence-electron chi connectivity index (χ3n) is 3.61. The van der Waals surface area contributed by atoms with Gasteiger partial charge in [-0.2, -0.15) is 4.98 Å². The molecule has 2 aromatic rings. The van der Waals surface area contributed by atoms with Crippen LogP contribution in [0, 0.1) is 0 Å². The van der Waals surface area contributed by atoms with Crippen LogP contribution in [0.1, 0.15) is 43.0 Å². The Balaban J connectivity index is 1.92. The molecule has 0 atom stereocenters. The molecule has 1 fully saturated rings. The molecule has 1 saturated carbocycles. The average Bonchev–Trinajstić information content (AvgIpc) is 3.17. The first-order valence-corrected chi connectivity index (χ1v) is 7.09. The second-order valence-corrected chi connectivity index (χ2v) is 5.26. The number of nitrogens with zero attached hydrogens (tertiary/aromatic N) is 2. The third kappa shape index (κ3) is 2.48. The van der Waals surface area contributed by atoms with Crippen LogP contribution < -0.4 is 4.90 Å². The number of carbonyl (C=O) groups is 1. The minimum Gasteiger partial charge on any atom is -0.478 e. The van der Waals surface area contributed by atoms with E-state index in [1.165, 1.54) is 12.8 Å². The SMILES string of the molecule is CCCCN(c1nc2ccc(C(=O)O)cc2o1)C1CC1. The van der Waals surface area contributed by atoms with Crippen LogP contribution in [0.4, 0.5) is 6.01 Å². The summed E-state index contributed by atoms with van der Waals surface area (Å²) in [6.07, 6.45) is 4.61. The van der Waals surface area contributed by atoms with Crippen molar-refractivity contribution in [3.8, 4) is 0 Å². The molecule has 3 rings (SSSR count). The van der Waals surface area contributed by atoms with E-state index in [1.54, 1.807) is 18.2 Å². The molecule has 0 bridgehead atoms. The van der Waals surface area contributed by atoms with E-state index in [0.717, 1.165) is 19.4 Å². The molecule has 5 heteroatoms. The number of carboxylic acids is 1. The molecule has 1 aromatic carbocycles. The Hall–Kier alpha value is -2.04. The molecule has 0 saturated heterocycles. The number of oxazole rings is 1. The molecule has 20 heavy (non-hydrogen) atoms. The number of carboxylic acid groups (broad SMARTS) is 1. The molecular formula is C15H18N2O3. The van der Waals surface area contributed by atoms with Gasteiger partial charge in [0, 0.05) is 12.6 Å². The summed E-state index contributed by atoms with van der Waals surface area (Å²) >= 11 is 0. The molecule has 1 aromatic heterocycles. The Morgan fingerprint density at radius 2 is 2.30 bits per heavy atom. The maximum atomic E-state index is 11.0. The Morgan fingerprint density at radius 3 is 2.95 bits per heavy atom.